The van der Waals surface area contributed by atoms with E-state index in [2.05, 4.69) is 20.4 Å². The molecule has 0 unspecified atom stereocenters. The molecular weight excluding hydrogens is 361 g/mol. The van der Waals surface area contributed by atoms with Crippen molar-refractivity contribution in [2.24, 2.45) is 5.73 Å². The molecule has 28 heavy (non-hydrogen) atoms. The largest absolute Gasteiger partial charge is 0.496 e. The molecule has 0 radical (unpaired) electrons. The topological polar surface area (TPSA) is 107 Å². The summed E-state index contributed by atoms with van der Waals surface area (Å²) < 4.78 is 20.7. The number of carbonyl (C=O) groups is 1. The highest BCUT2D eigenvalue weighted by molar-refractivity contribution is 5.99. The number of H-pyrrole nitrogens is 1. The van der Waals surface area contributed by atoms with Crippen LogP contribution < -0.4 is 10.5 Å². The zero-order valence-corrected chi connectivity index (χ0v) is 14.9. The van der Waals surface area contributed by atoms with Gasteiger partial charge in [-0.3, -0.25) is 9.89 Å². The summed E-state index contributed by atoms with van der Waals surface area (Å²) in [7, 11) is 1.42. The number of rotatable bonds is 5. The molecule has 4 rings (SSSR count). The summed E-state index contributed by atoms with van der Waals surface area (Å²) >= 11 is 0. The Morgan fingerprint density at radius 2 is 1.96 bits per heavy atom. The van der Waals surface area contributed by atoms with Crippen LogP contribution in [-0.2, 0) is 6.42 Å². The van der Waals surface area contributed by atoms with Crippen molar-refractivity contribution in [3.63, 3.8) is 0 Å². The number of halogens is 1. The van der Waals surface area contributed by atoms with Gasteiger partial charge < -0.3 is 10.5 Å². The second-order valence-electron chi connectivity index (χ2n) is 6.21. The first kappa shape index (κ1) is 17.6. The van der Waals surface area contributed by atoms with Crippen LogP contribution in [0.5, 0.6) is 5.75 Å². The third-order valence-corrected chi connectivity index (χ3v) is 4.53. The maximum absolute atomic E-state index is 15.2. The van der Waals surface area contributed by atoms with Crippen LogP contribution in [0.3, 0.4) is 0 Å². The summed E-state index contributed by atoms with van der Waals surface area (Å²) in [5, 5.41) is 15.4. The van der Waals surface area contributed by atoms with E-state index in [1.165, 1.54) is 19.5 Å². The zero-order chi connectivity index (χ0) is 19.7. The number of nitrogens with one attached hydrogen (secondary N) is 1. The average molecular weight is 377 g/mol. The lowest BCUT2D eigenvalue weighted by atomic mass is 9.92. The van der Waals surface area contributed by atoms with E-state index in [1.807, 2.05) is 30.3 Å². The normalized spacial score (nSPS) is 10.9. The molecule has 4 aromatic rings. The van der Waals surface area contributed by atoms with Crippen molar-refractivity contribution in [1.29, 1.82) is 0 Å². The van der Waals surface area contributed by atoms with Crippen LogP contribution in [0.1, 0.15) is 21.5 Å². The van der Waals surface area contributed by atoms with Gasteiger partial charge in [0.2, 0.25) is 0 Å². The molecule has 0 aliphatic rings. The minimum absolute atomic E-state index is 0.0192. The lowest BCUT2D eigenvalue weighted by Gasteiger charge is -2.17. The fourth-order valence-corrected chi connectivity index (χ4v) is 3.29. The summed E-state index contributed by atoms with van der Waals surface area (Å²) in [6.45, 7) is 0. The molecule has 0 saturated heterocycles. The average Bonchev–Trinajstić information content (AvgIpc) is 3.12. The molecule has 0 atom stereocenters. The van der Waals surface area contributed by atoms with Crippen LogP contribution in [0.2, 0.25) is 0 Å². The molecule has 140 valence electrons. The van der Waals surface area contributed by atoms with Gasteiger partial charge in [-0.05, 0) is 11.6 Å². The minimum atomic E-state index is -0.769. The number of aromatic amines is 1. The first-order valence-electron chi connectivity index (χ1n) is 8.48. The van der Waals surface area contributed by atoms with Gasteiger partial charge >= 0.3 is 0 Å². The van der Waals surface area contributed by atoms with Gasteiger partial charge in [-0.15, -0.1) is 0 Å². The smallest absolute Gasteiger partial charge is 0.252 e. The maximum atomic E-state index is 15.2. The molecule has 0 fully saturated rings. The van der Waals surface area contributed by atoms with E-state index in [0.717, 1.165) is 11.6 Å². The highest BCUT2D eigenvalue weighted by Crippen LogP contribution is 2.39. The van der Waals surface area contributed by atoms with E-state index < -0.39 is 11.7 Å². The van der Waals surface area contributed by atoms with E-state index in [-0.39, 0.29) is 16.9 Å². The summed E-state index contributed by atoms with van der Waals surface area (Å²) in [5.74, 6) is -1.16. The molecule has 1 amide bonds. The number of amides is 1. The van der Waals surface area contributed by atoms with Crippen molar-refractivity contribution < 1.29 is 13.9 Å². The van der Waals surface area contributed by atoms with E-state index in [4.69, 9.17) is 10.5 Å². The van der Waals surface area contributed by atoms with E-state index >= 15 is 4.39 Å². The number of ether oxygens (including phenoxy) is 1. The first-order valence-corrected chi connectivity index (χ1v) is 8.48. The van der Waals surface area contributed by atoms with Gasteiger partial charge in [0.25, 0.3) is 5.91 Å². The summed E-state index contributed by atoms with van der Waals surface area (Å²) in [6, 6.07) is 10.6. The Balaban J connectivity index is 2.03. The van der Waals surface area contributed by atoms with Crippen LogP contribution >= 0.6 is 0 Å². The molecule has 0 aliphatic carbocycles. The molecule has 2 aromatic carbocycles. The minimum Gasteiger partial charge on any atom is -0.496 e. The lowest BCUT2D eigenvalue weighted by Crippen LogP contribution is -2.15. The van der Waals surface area contributed by atoms with E-state index in [0.29, 0.717) is 28.6 Å². The number of hydrogen-bond donors (Lipinski definition) is 2. The van der Waals surface area contributed by atoms with Gasteiger partial charge in [-0.2, -0.15) is 15.3 Å². The molecule has 3 N–H and O–H groups in total. The molecule has 2 aromatic heterocycles. The van der Waals surface area contributed by atoms with Crippen LogP contribution in [0.4, 0.5) is 4.39 Å². The second-order valence-corrected chi connectivity index (χ2v) is 6.21. The summed E-state index contributed by atoms with van der Waals surface area (Å²) in [6.07, 6.45) is 3.34. The van der Waals surface area contributed by atoms with Crippen LogP contribution in [0, 0.1) is 5.82 Å². The SMILES string of the molecule is COc1c(C(N)=O)cc(F)c(-c2n[nH]c3cnncc23)c1Cc1ccccc1. The Hall–Kier alpha value is -3.81. The molecule has 8 heteroatoms. The van der Waals surface area contributed by atoms with Crippen molar-refractivity contribution >= 4 is 16.8 Å². The van der Waals surface area contributed by atoms with Crippen molar-refractivity contribution in [3.8, 4) is 17.0 Å². The van der Waals surface area contributed by atoms with Crippen molar-refractivity contribution in [3.05, 3.63) is 71.3 Å². The number of methoxy groups -OCH3 is 1. The summed E-state index contributed by atoms with van der Waals surface area (Å²) in [4.78, 5) is 11.9. The number of carbonyl (C=O) groups excluding carboxylic acids is 1. The lowest BCUT2D eigenvalue weighted by molar-refractivity contribution is 0.0996. The molecule has 7 nitrogen and oxygen atoms in total. The molecule has 0 saturated carbocycles. The fourth-order valence-electron chi connectivity index (χ4n) is 3.29. The zero-order valence-electron chi connectivity index (χ0n) is 14.9. The van der Waals surface area contributed by atoms with Crippen LogP contribution in [0.25, 0.3) is 22.2 Å². The predicted octanol–water partition coefficient (Wildman–Crippen LogP) is 2.86. The Labute approximate surface area is 159 Å². The molecule has 0 bridgehead atoms. The number of benzene rings is 2. The Morgan fingerprint density at radius 1 is 1.21 bits per heavy atom. The monoisotopic (exact) mass is 377 g/mol. The number of nitrogens with two attached hydrogens (primary N) is 1. The van der Waals surface area contributed by atoms with Crippen molar-refractivity contribution in [1.82, 2.24) is 20.4 Å². The van der Waals surface area contributed by atoms with E-state index in [1.54, 1.807) is 0 Å². The quantitative estimate of drug-likeness (QED) is 0.556. The number of hydrogen-bond acceptors (Lipinski definition) is 5. The fraction of sp³-hybridized carbons (Fsp3) is 0.100. The highest BCUT2D eigenvalue weighted by Gasteiger charge is 2.25. The standard InChI is InChI=1S/C20H16FN5O2/c1-28-19-12(7-11-5-3-2-4-6-11)17(15(21)8-13(19)20(22)27)18-14-9-23-24-10-16(14)25-26-18/h2-6,8-10H,7H2,1H3,(H2,22,27)(H,25,26). The third kappa shape index (κ3) is 2.94. The second kappa shape index (κ2) is 7.07. The number of aromatic nitrogens is 4. The predicted molar refractivity (Wildman–Crippen MR) is 101 cm³/mol. The van der Waals surface area contributed by atoms with Crippen LogP contribution in [0.15, 0.2) is 48.8 Å². The molecule has 0 aliphatic heterocycles. The molecule has 2 heterocycles. The van der Waals surface area contributed by atoms with Crippen molar-refractivity contribution in [2.45, 2.75) is 6.42 Å². The molecular formula is C20H16FN5O2. The Bertz CT molecular complexity index is 1170. The summed E-state index contributed by atoms with van der Waals surface area (Å²) in [5.41, 5.74) is 8.04. The van der Waals surface area contributed by atoms with E-state index in [9.17, 15) is 4.79 Å². The van der Waals surface area contributed by atoms with Gasteiger partial charge in [-0.1, -0.05) is 30.3 Å². The van der Waals surface area contributed by atoms with Gasteiger partial charge in [0.1, 0.15) is 17.3 Å². The van der Waals surface area contributed by atoms with Gasteiger partial charge in [0, 0.05) is 22.9 Å². The molecule has 0 spiro atoms. The number of nitrogens with zero attached hydrogens (tertiary/aromatic N) is 3. The van der Waals surface area contributed by atoms with Crippen molar-refractivity contribution in [2.75, 3.05) is 7.11 Å². The maximum Gasteiger partial charge on any atom is 0.252 e. The third-order valence-electron chi connectivity index (χ3n) is 4.53. The van der Waals surface area contributed by atoms with Crippen LogP contribution in [-0.4, -0.2) is 33.4 Å². The van der Waals surface area contributed by atoms with Gasteiger partial charge in [-0.25, -0.2) is 4.39 Å². The highest BCUT2D eigenvalue weighted by atomic mass is 19.1. The number of primary amides is 1. The first-order chi connectivity index (χ1) is 13.6. The van der Waals surface area contributed by atoms with Gasteiger partial charge in [0.05, 0.1) is 30.6 Å². The Morgan fingerprint density at radius 3 is 2.68 bits per heavy atom. The number of fused-ring (bicyclic) bond motifs is 1. The Kier molecular flexibility index (Phi) is 4.44. The van der Waals surface area contributed by atoms with Gasteiger partial charge in [0.15, 0.2) is 0 Å².